The monoisotopic (exact) mass is 262 g/mol. The number of methoxy groups -OCH3 is 1. The van der Waals surface area contributed by atoms with E-state index < -0.39 is 0 Å². The second kappa shape index (κ2) is 6.68. The standard InChI is InChI=1S/C14H18N2O3/c1-3-16-11-14(10-15-16)19-9-8-18-13-6-4-12(17-2)5-7-13/h4-7,10-11H,3,8-9H2,1-2H3. The number of hydrogen-bond acceptors (Lipinski definition) is 4. The van der Waals surface area contributed by atoms with Gasteiger partial charge in [0.1, 0.15) is 24.7 Å². The van der Waals surface area contributed by atoms with Crippen molar-refractivity contribution in [3.63, 3.8) is 0 Å². The second-order valence-electron chi connectivity index (χ2n) is 3.90. The summed E-state index contributed by atoms with van der Waals surface area (Å²) in [6.07, 6.45) is 3.57. The van der Waals surface area contributed by atoms with E-state index >= 15 is 0 Å². The van der Waals surface area contributed by atoms with Gasteiger partial charge in [0.25, 0.3) is 0 Å². The lowest BCUT2D eigenvalue weighted by Gasteiger charge is -2.07. The summed E-state index contributed by atoms with van der Waals surface area (Å²) in [5, 5.41) is 4.13. The molecule has 102 valence electrons. The minimum absolute atomic E-state index is 0.488. The third kappa shape index (κ3) is 3.91. The zero-order chi connectivity index (χ0) is 13.5. The van der Waals surface area contributed by atoms with Crippen LogP contribution in [0.25, 0.3) is 0 Å². The van der Waals surface area contributed by atoms with Crippen molar-refractivity contribution in [1.82, 2.24) is 9.78 Å². The molecule has 0 saturated heterocycles. The second-order valence-corrected chi connectivity index (χ2v) is 3.90. The molecule has 19 heavy (non-hydrogen) atoms. The smallest absolute Gasteiger partial charge is 0.157 e. The average molecular weight is 262 g/mol. The van der Waals surface area contributed by atoms with Gasteiger partial charge in [0, 0.05) is 6.54 Å². The zero-order valence-corrected chi connectivity index (χ0v) is 11.2. The molecule has 5 heteroatoms. The maximum atomic E-state index is 5.55. The van der Waals surface area contributed by atoms with Crippen LogP contribution in [0, 0.1) is 0 Å². The number of hydrogen-bond donors (Lipinski definition) is 0. The molecule has 0 aliphatic carbocycles. The molecular formula is C14H18N2O3. The Morgan fingerprint density at radius 2 is 1.63 bits per heavy atom. The van der Waals surface area contributed by atoms with Crippen LogP contribution in [-0.2, 0) is 6.54 Å². The van der Waals surface area contributed by atoms with Gasteiger partial charge in [-0.25, -0.2) is 0 Å². The summed E-state index contributed by atoms with van der Waals surface area (Å²) < 4.78 is 18.0. The molecule has 0 spiro atoms. The summed E-state index contributed by atoms with van der Waals surface area (Å²) in [5.74, 6) is 2.38. The fourth-order valence-electron chi connectivity index (χ4n) is 1.58. The van der Waals surface area contributed by atoms with Gasteiger partial charge >= 0.3 is 0 Å². The van der Waals surface area contributed by atoms with E-state index in [-0.39, 0.29) is 0 Å². The van der Waals surface area contributed by atoms with Crippen molar-refractivity contribution in [2.45, 2.75) is 13.5 Å². The number of aromatic nitrogens is 2. The molecule has 0 aliphatic rings. The number of nitrogens with zero attached hydrogens (tertiary/aromatic N) is 2. The molecule has 1 heterocycles. The lowest BCUT2D eigenvalue weighted by atomic mass is 10.3. The molecule has 0 aliphatic heterocycles. The number of ether oxygens (including phenoxy) is 3. The van der Waals surface area contributed by atoms with Gasteiger partial charge in [0.05, 0.1) is 19.5 Å². The topological polar surface area (TPSA) is 45.5 Å². The van der Waals surface area contributed by atoms with Crippen LogP contribution < -0.4 is 14.2 Å². The molecule has 0 radical (unpaired) electrons. The Balaban J connectivity index is 1.71. The zero-order valence-electron chi connectivity index (χ0n) is 11.2. The molecule has 0 N–H and O–H groups in total. The Hall–Kier alpha value is -2.17. The van der Waals surface area contributed by atoms with Crippen LogP contribution >= 0.6 is 0 Å². The molecule has 0 unspecified atom stereocenters. The van der Waals surface area contributed by atoms with Gasteiger partial charge < -0.3 is 14.2 Å². The number of aryl methyl sites for hydroxylation is 1. The lowest BCUT2D eigenvalue weighted by Crippen LogP contribution is -2.08. The Bertz CT molecular complexity index is 494. The highest BCUT2D eigenvalue weighted by Gasteiger charge is 1.99. The molecule has 0 atom stereocenters. The quantitative estimate of drug-likeness (QED) is 0.719. The normalized spacial score (nSPS) is 10.2. The van der Waals surface area contributed by atoms with Crippen LogP contribution in [0.5, 0.6) is 17.2 Å². The predicted octanol–water partition coefficient (Wildman–Crippen LogP) is 2.37. The van der Waals surface area contributed by atoms with Crippen molar-refractivity contribution in [3.8, 4) is 17.2 Å². The van der Waals surface area contributed by atoms with E-state index in [1.165, 1.54) is 0 Å². The molecular weight excluding hydrogens is 244 g/mol. The Morgan fingerprint density at radius 3 is 2.21 bits per heavy atom. The van der Waals surface area contributed by atoms with Crippen molar-refractivity contribution in [2.75, 3.05) is 20.3 Å². The van der Waals surface area contributed by atoms with Crippen molar-refractivity contribution < 1.29 is 14.2 Å². The molecule has 0 saturated carbocycles. The SMILES string of the molecule is CCn1cc(OCCOc2ccc(OC)cc2)cn1. The summed E-state index contributed by atoms with van der Waals surface area (Å²) in [7, 11) is 1.64. The van der Waals surface area contributed by atoms with Crippen LogP contribution in [-0.4, -0.2) is 30.1 Å². The molecule has 1 aromatic heterocycles. The maximum Gasteiger partial charge on any atom is 0.157 e. The predicted molar refractivity (Wildman–Crippen MR) is 71.9 cm³/mol. The van der Waals surface area contributed by atoms with E-state index in [1.807, 2.05) is 42.1 Å². The minimum atomic E-state index is 0.488. The van der Waals surface area contributed by atoms with E-state index in [9.17, 15) is 0 Å². The van der Waals surface area contributed by atoms with Crippen LogP contribution in [0.3, 0.4) is 0 Å². The fraction of sp³-hybridized carbons (Fsp3) is 0.357. The van der Waals surface area contributed by atoms with E-state index in [0.717, 1.165) is 23.8 Å². The summed E-state index contributed by atoms with van der Waals surface area (Å²) in [5.41, 5.74) is 0. The van der Waals surface area contributed by atoms with Crippen LogP contribution in [0.15, 0.2) is 36.7 Å². The van der Waals surface area contributed by atoms with Gasteiger partial charge in [-0.2, -0.15) is 5.10 Å². The van der Waals surface area contributed by atoms with Gasteiger partial charge in [0.15, 0.2) is 5.75 Å². The number of benzene rings is 1. The Labute approximate surface area is 112 Å². The minimum Gasteiger partial charge on any atom is -0.497 e. The van der Waals surface area contributed by atoms with E-state index in [2.05, 4.69) is 5.10 Å². The van der Waals surface area contributed by atoms with Gasteiger partial charge in [0.2, 0.25) is 0 Å². The van der Waals surface area contributed by atoms with Crippen LogP contribution in [0.1, 0.15) is 6.92 Å². The summed E-state index contributed by atoms with van der Waals surface area (Å²) in [6, 6.07) is 7.46. The maximum absolute atomic E-state index is 5.55. The third-order valence-corrected chi connectivity index (χ3v) is 2.61. The molecule has 0 fully saturated rings. The molecule has 0 amide bonds. The molecule has 1 aromatic carbocycles. The van der Waals surface area contributed by atoms with Gasteiger partial charge in [-0.3, -0.25) is 4.68 Å². The van der Waals surface area contributed by atoms with E-state index in [4.69, 9.17) is 14.2 Å². The molecule has 2 rings (SSSR count). The first-order valence-corrected chi connectivity index (χ1v) is 6.24. The van der Waals surface area contributed by atoms with Crippen molar-refractivity contribution >= 4 is 0 Å². The third-order valence-electron chi connectivity index (χ3n) is 2.61. The first kappa shape index (κ1) is 13.3. The summed E-state index contributed by atoms with van der Waals surface area (Å²) >= 11 is 0. The van der Waals surface area contributed by atoms with Crippen LogP contribution in [0.2, 0.25) is 0 Å². The van der Waals surface area contributed by atoms with E-state index in [1.54, 1.807) is 13.3 Å². The highest BCUT2D eigenvalue weighted by Crippen LogP contribution is 2.17. The van der Waals surface area contributed by atoms with Gasteiger partial charge in [-0.05, 0) is 31.2 Å². The summed E-state index contributed by atoms with van der Waals surface area (Å²) in [6.45, 7) is 3.85. The first-order chi connectivity index (χ1) is 9.31. The van der Waals surface area contributed by atoms with Crippen LogP contribution in [0.4, 0.5) is 0 Å². The van der Waals surface area contributed by atoms with Gasteiger partial charge in [-0.15, -0.1) is 0 Å². The van der Waals surface area contributed by atoms with Gasteiger partial charge in [-0.1, -0.05) is 0 Å². The van der Waals surface area contributed by atoms with Crippen molar-refractivity contribution in [3.05, 3.63) is 36.7 Å². The largest absolute Gasteiger partial charge is 0.497 e. The molecule has 0 bridgehead atoms. The highest BCUT2D eigenvalue weighted by molar-refractivity contribution is 5.31. The highest BCUT2D eigenvalue weighted by atomic mass is 16.5. The van der Waals surface area contributed by atoms with E-state index in [0.29, 0.717) is 13.2 Å². The Kier molecular flexibility index (Phi) is 4.66. The molecule has 5 nitrogen and oxygen atoms in total. The molecule has 2 aromatic rings. The number of rotatable bonds is 7. The lowest BCUT2D eigenvalue weighted by molar-refractivity contribution is 0.217. The average Bonchev–Trinajstić information content (AvgIpc) is 2.92. The van der Waals surface area contributed by atoms with Crippen molar-refractivity contribution in [2.24, 2.45) is 0 Å². The van der Waals surface area contributed by atoms with Crippen molar-refractivity contribution in [1.29, 1.82) is 0 Å². The Morgan fingerprint density at radius 1 is 1.00 bits per heavy atom. The first-order valence-electron chi connectivity index (χ1n) is 6.24. The summed E-state index contributed by atoms with van der Waals surface area (Å²) in [4.78, 5) is 0. The fourth-order valence-corrected chi connectivity index (χ4v) is 1.58.